The third-order valence-corrected chi connectivity index (χ3v) is 3.15. The molecule has 2 rings (SSSR count). The molecule has 2 aromatic rings. The third-order valence-electron chi connectivity index (χ3n) is 2.65. The molecule has 2 N–H and O–H groups in total. The maximum Gasteiger partial charge on any atom is 0.255 e. The van der Waals surface area contributed by atoms with E-state index in [0.29, 0.717) is 5.56 Å². The van der Waals surface area contributed by atoms with Crippen molar-refractivity contribution in [3.05, 3.63) is 64.1 Å². The molecule has 0 saturated heterocycles. The second-order valence-corrected chi connectivity index (χ2v) is 5.11. The molecule has 0 aromatic heterocycles. The number of carbonyl (C=O) groups is 1. The Morgan fingerprint density at radius 3 is 2.68 bits per heavy atom. The van der Waals surface area contributed by atoms with Gasteiger partial charge < -0.3 is 10.6 Å². The Morgan fingerprint density at radius 2 is 1.95 bits per heavy atom. The summed E-state index contributed by atoms with van der Waals surface area (Å²) in [6.45, 7) is 0.778. The quantitative estimate of drug-likeness (QED) is 0.907. The van der Waals surface area contributed by atoms with Crippen LogP contribution >= 0.6 is 15.9 Å². The smallest absolute Gasteiger partial charge is 0.255 e. The number of hydrogen-bond acceptors (Lipinski definition) is 2. The number of amides is 1. The minimum Gasteiger partial charge on any atom is -0.322 e. The first kappa shape index (κ1) is 13.8. The Hall–Kier alpha value is -1.65. The lowest BCUT2D eigenvalue weighted by Crippen LogP contribution is -2.12. The molecule has 0 radical (unpaired) electrons. The molecule has 98 valence electrons. The van der Waals surface area contributed by atoms with Crippen molar-refractivity contribution >= 4 is 27.5 Å². The summed E-state index contributed by atoms with van der Waals surface area (Å²) in [6.07, 6.45) is 0. The van der Waals surface area contributed by atoms with E-state index < -0.39 is 0 Å². The van der Waals surface area contributed by atoms with E-state index in [1.807, 2.05) is 43.4 Å². The molecule has 0 spiro atoms. The van der Waals surface area contributed by atoms with Crippen molar-refractivity contribution in [3.8, 4) is 0 Å². The van der Waals surface area contributed by atoms with E-state index in [2.05, 4.69) is 26.6 Å². The molecule has 0 bridgehead atoms. The fourth-order valence-electron chi connectivity index (χ4n) is 1.80. The molecule has 0 atom stereocenters. The number of anilines is 1. The van der Waals surface area contributed by atoms with Crippen LogP contribution in [0, 0.1) is 0 Å². The van der Waals surface area contributed by atoms with Crippen LogP contribution < -0.4 is 10.6 Å². The average molecular weight is 319 g/mol. The largest absolute Gasteiger partial charge is 0.322 e. The van der Waals surface area contributed by atoms with Crippen molar-refractivity contribution in [2.45, 2.75) is 6.54 Å². The minimum absolute atomic E-state index is 0.108. The highest BCUT2D eigenvalue weighted by Crippen LogP contribution is 2.15. The van der Waals surface area contributed by atoms with Crippen LogP contribution in [0.3, 0.4) is 0 Å². The summed E-state index contributed by atoms with van der Waals surface area (Å²) in [6, 6.07) is 15.1. The number of carbonyl (C=O) groups excluding carboxylic acids is 1. The van der Waals surface area contributed by atoms with E-state index in [1.165, 1.54) is 0 Å². The molecular formula is C15H15BrN2O. The van der Waals surface area contributed by atoms with Crippen molar-refractivity contribution < 1.29 is 4.79 Å². The summed E-state index contributed by atoms with van der Waals surface area (Å²) >= 11 is 3.36. The van der Waals surface area contributed by atoms with Crippen LogP contribution in [-0.2, 0) is 6.54 Å². The molecular weight excluding hydrogens is 304 g/mol. The summed E-state index contributed by atoms with van der Waals surface area (Å²) in [5.74, 6) is -0.108. The Balaban J connectivity index is 2.12. The average Bonchev–Trinajstić information content (AvgIpc) is 2.39. The van der Waals surface area contributed by atoms with Crippen LogP contribution in [0.4, 0.5) is 5.69 Å². The molecule has 0 aliphatic rings. The van der Waals surface area contributed by atoms with Crippen LogP contribution in [0.5, 0.6) is 0 Å². The number of rotatable bonds is 4. The molecule has 4 heteroatoms. The Labute approximate surface area is 121 Å². The van der Waals surface area contributed by atoms with Crippen molar-refractivity contribution in [1.29, 1.82) is 0 Å². The van der Waals surface area contributed by atoms with Gasteiger partial charge in [0.25, 0.3) is 5.91 Å². The first-order valence-electron chi connectivity index (χ1n) is 5.99. The maximum atomic E-state index is 12.1. The van der Waals surface area contributed by atoms with Crippen molar-refractivity contribution in [2.75, 3.05) is 12.4 Å². The van der Waals surface area contributed by atoms with Gasteiger partial charge in [0.05, 0.1) is 0 Å². The van der Waals surface area contributed by atoms with Crippen LogP contribution in [0.15, 0.2) is 53.0 Å². The lowest BCUT2D eigenvalue weighted by Gasteiger charge is -2.07. The third kappa shape index (κ3) is 3.91. The summed E-state index contributed by atoms with van der Waals surface area (Å²) in [4.78, 5) is 12.1. The van der Waals surface area contributed by atoms with Gasteiger partial charge in [-0.05, 0) is 42.9 Å². The Morgan fingerprint density at radius 1 is 1.16 bits per heavy atom. The summed E-state index contributed by atoms with van der Waals surface area (Å²) in [5, 5.41) is 5.98. The zero-order valence-electron chi connectivity index (χ0n) is 10.6. The van der Waals surface area contributed by atoms with E-state index in [4.69, 9.17) is 0 Å². The molecule has 19 heavy (non-hydrogen) atoms. The van der Waals surface area contributed by atoms with Gasteiger partial charge in [-0.3, -0.25) is 4.79 Å². The summed E-state index contributed by atoms with van der Waals surface area (Å²) in [7, 11) is 1.90. The highest BCUT2D eigenvalue weighted by molar-refractivity contribution is 9.10. The predicted octanol–water partition coefficient (Wildman–Crippen LogP) is 3.42. The van der Waals surface area contributed by atoms with Gasteiger partial charge in [-0.2, -0.15) is 0 Å². The molecule has 2 aromatic carbocycles. The molecule has 0 fully saturated rings. The van der Waals surface area contributed by atoms with Crippen LogP contribution in [0.25, 0.3) is 0 Å². The maximum absolute atomic E-state index is 12.1. The van der Waals surface area contributed by atoms with Crippen LogP contribution in [0.1, 0.15) is 15.9 Å². The molecule has 1 amide bonds. The normalized spacial score (nSPS) is 10.2. The molecule has 0 saturated carbocycles. The highest BCUT2D eigenvalue weighted by atomic mass is 79.9. The monoisotopic (exact) mass is 318 g/mol. The number of nitrogens with one attached hydrogen (secondary N) is 2. The second kappa shape index (κ2) is 6.50. The number of halogens is 1. The number of benzene rings is 2. The fourth-order valence-corrected chi connectivity index (χ4v) is 2.20. The zero-order chi connectivity index (χ0) is 13.7. The van der Waals surface area contributed by atoms with E-state index in [9.17, 15) is 4.79 Å². The van der Waals surface area contributed by atoms with Crippen LogP contribution in [-0.4, -0.2) is 13.0 Å². The van der Waals surface area contributed by atoms with Crippen molar-refractivity contribution in [2.24, 2.45) is 0 Å². The minimum atomic E-state index is -0.108. The van der Waals surface area contributed by atoms with Gasteiger partial charge in [-0.25, -0.2) is 0 Å². The first-order valence-corrected chi connectivity index (χ1v) is 6.79. The van der Waals surface area contributed by atoms with Gasteiger partial charge in [-0.15, -0.1) is 0 Å². The van der Waals surface area contributed by atoms with Gasteiger partial charge in [0.2, 0.25) is 0 Å². The SMILES string of the molecule is CNCc1cccc(NC(=O)c2cccc(Br)c2)c1. The van der Waals surface area contributed by atoms with Crippen molar-refractivity contribution in [1.82, 2.24) is 5.32 Å². The lowest BCUT2D eigenvalue weighted by atomic mass is 10.1. The Bertz CT molecular complexity index is 584. The van der Waals surface area contributed by atoms with Gasteiger partial charge >= 0.3 is 0 Å². The van der Waals surface area contributed by atoms with E-state index in [1.54, 1.807) is 12.1 Å². The van der Waals surface area contributed by atoms with E-state index >= 15 is 0 Å². The van der Waals surface area contributed by atoms with Crippen molar-refractivity contribution in [3.63, 3.8) is 0 Å². The summed E-state index contributed by atoms with van der Waals surface area (Å²) < 4.78 is 0.893. The molecule has 0 aliphatic heterocycles. The zero-order valence-corrected chi connectivity index (χ0v) is 12.2. The molecule has 0 heterocycles. The fraction of sp³-hybridized carbons (Fsp3) is 0.133. The first-order chi connectivity index (χ1) is 9.19. The molecule has 3 nitrogen and oxygen atoms in total. The highest BCUT2D eigenvalue weighted by Gasteiger charge is 2.06. The van der Waals surface area contributed by atoms with Gasteiger partial charge in [0.15, 0.2) is 0 Å². The van der Waals surface area contributed by atoms with E-state index in [0.717, 1.165) is 22.3 Å². The molecule has 0 unspecified atom stereocenters. The van der Waals surface area contributed by atoms with E-state index in [-0.39, 0.29) is 5.91 Å². The topological polar surface area (TPSA) is 41.1 Å². The Kier molecular flexibility index (Phi) is 4.71. The van der Waals surface area contributed by atoms with Gasteiger partial charge in [-0.1, -0.05) is 34.1 Å². The summed E-state index contributed by atoms with van der Waals surface area (Å²) in [5.41, 5.74) is 2.57. The molecule has 0 aliphatic carbocycles. The number of hydrogen-bond donors (Lipinski definition) is 2. The lowest BCUT2D eigenvalue weighted by molar-refractivity contribution is 0.102. The van der Waals surface area contributed by atoms with Crippen LogP contribution in [0.2, 0.25) is 0 Å². The standard InChI is InChI=1S/C15H15BrN2O/c1-17-10-11-4-2-7-14(8-11)18-15(19)12-5-3-6-13(16)9-12/h2-9,17H,10H2,1H3,(H,18,19). The van der Waals surface area contributed by atoms with Gasteiger partial charge in [0, 0.05) is 22.3 Å². The second-order valence-electron chi connectivity index (χ2n) is 4.20. The van der Waals surface area contributed by atoms with Gasteiger partial charge in [0.1, 0.15) is 0 Å². The predicted molar refractivity (Wildman–Crippen MR) is 81.3 cm³/mol.